The van der Waals surface area contributed by atoms with Crippen molar-refractivity contribution in [2.24, 2.45) is 10.7 Å². The Kier molecular flexibility index (Phi) is 26.6. The number of nitrogens with one attached hydrogen (secondary N) is 4. The maximum absolute atomic E-state index is 12.2. The van der Waals surface area contributed by atoms with Crippen LogP contribution < -0.4 is 21.7 Å². The lowest BCUT2D eigenvalue weighted by Crippen LogP contribution is -2.26. The largest absolute Gasteiger partial charge is 0.477 e. The summed E-state index contributed by atoms with van der Waals surface area (Å²) in [7, 11) is 3.75. The minimum absolute atomic E-state index is 0. The number of hydrogen-bond acceptors (Lipinski definition) is 15. The summed E-state index contributed by atoms with van der Waals surface area (Å²) < 4.78 is 14.7. The maximum atomic E-state index is 12.2. The van der Waals surface area contributed by atoms with E-state index in [4.69, 9.17) is 55.1 Å². The highest BCUT2D eigenvalue weighted by Gasteiger charge is 2.19. The number of ketones is 1. The molecule has 11 rings (SSSR count). The number of thiophene rings is 1. The van der Waals surface area contributed by atoms with Crippen LogP contribution in [0.1, 0.15) is 74.7 Å². The smallest absolute Gasteiger partial charge is 0.418 e. The Hall–Kier alpha value is -6.59. The van der Waals surface area contributed by atoms with Gasteiger partial charge in [-0.3, -0.25) is 14.4 Å². The molecule has 17 nitrogen and oxygen atoms in total. The minimum atomic E-state index is -0.864. The van der Waals surface area contributed by atoms with E-state index in [1.807, 2.05) is 126 Å². The molecule has 0 saturated carbocycles. The van der Waals surface area contributed by atoms with Gasteiger partial charge in [0.1, 0.15) is 27.8 Å². The predicted molar refractivity (Wildman–Crippen MR) is 341 cm³/mol. The number of hydrogen-bond donors (Lipinski definition) is 6. The number of halogens is 5. The number of Topliss-reactive ketones (excluding diaryl/α,β-unsaturated/α-hetero) is 1. The lowest BCUT2D eigenvalue weighted by molar-refractivity contribution is 0.0543. The number of benzene rings is 4. The van der Waals surface area contributed by atoms with Gasteiger partial charge in [-0.15, -0.1) is 11.3 Å². The van der Waals surface area contributed by atoms with E-state index in [1.165, 1.54) is 22.8 Å². The molecular formula is C58H64Br2Cl3N11O6S. The second-order valence-corrected chi connectivity index (χ2v) is 22.1. The predicted octanol–water partition coefficient (Wildman–Crippen LogP) is 15.9. The fourth-order valence-electron chi connectivity index (χ4n) is 7.13. The molecule has 2 aliphatic heterocycles. The van der Waals surface area contributed by atoms with Gasteiger partial charge in [-0.1, -0.05) is 88.7 Å². The molecule has 1 atom stereocenters. The van der Waals surface area contributed by atoms with Crippen LogP contribution in [0.5, 0.6) is 0 Å². The average Bonchev–Trinajstić information content (AvgIpc) is 4.39. The van der Waals surface area contributed by atoms with Crippen molar-refractivity contribution in [2.75, 3.05) is 44.5 Å². The van der Waals surface area contributed by atoms with Crippen molar-refractivity contribution < 1.29 is 29.0 Å². The topological polar surface area (TPSA) is 237 Å². The molecule has 2 aliphatic rings. The quantitative estimate of drug-likeness (QED) is 0.0643. The molecule has 23 heteroatoms. The van der Waals surface area contributed by atoms with Crippen molar-refractivity contribution in [3.63, 3.8) is 0 Å². The number of aromatic amines is 1. The first kappa shape index (κ1) is 66.9. The van der Waals surface area contributed by atoms with Crippen molar-refractivity contribution in [3.8, 4) is 0 Å². The van der Waals surface area contributed by atoms with Gasteiger partial charge >= 0.3 is 12.1 Å². The molecule has 1 saturated heterocycles. The number of aromatic nitrogens is 6. The molecule has 9 aromatic rings. The zero-order valence-electron chi connectivity index (χ0n) is 43.7. The van der Waals surface area contributed by atoms with Gasteiger partial charge in [0.05, 0.1) is 23.7 Å². The number of carbonyl (C=O) groups is 3. The van der Waals surface area contributed by atoms with Gasteiger partial charge in [0.25, 0.3) is 0 Å². The summed E-state index contributed by atoms with van der Waals surface area (Å²) in [5.41, 5.74) is 11.1. The minimum Gasteiger partial charge on any atom is -0.477 e. The molecule has 428 valence electrons. The van der Waals surface area contributed by atoms with Crippen LogP contribution >= 0.6 is 78.0 Å². The lowest BCUT2D eigenvalue weighted by atomic mass is 10.1. The Bertz CT molecular complexity index is 3600. The van der Waals surface area contributed by atoms with Gasteiger partial charge in [-0.2, -0.15) is 0 Å². The van der Waals surface area contributed by atoms with E-state index in [-0.39, 0.29) is 31.2 Å². The molecule has 0 radical (unpaired) electrons. The van der Waals surface area contributed by atoms with Gasteiger partial charge in [0.15, 0.2) is 5.78 Å². The van der Waals surface area contributed by atoms with Gasteiger partial charge in [0, 0.05) is 85.7 Å². The number of nitrogens with zero attached hydrogens (tertiary/aromatic N) is 6. The van der Waals surface area contributed by atoms with E-state index in [0.29, 0.717) is 33.3 Å². The van der Waals surface area contributed by atoms with Crippen molar-refractivity contribution >= 4 is 163 Å². The average molecular weight is 1310 g/mol. The molecule has 1 unspecified atom stereocenters. The van der Waals surface area contributed by atoms with E-state index in [0.717, 1.165) is 89.5 Å². The molecule has 0 aliphatic carbocycles. The molecule has 7 N–H and O–H groups in total. The summed E-state index contributed by atoms with van der Waals surface area (Å²) in [4.78, 5) is 57.5. The van der Waals surface area contributed by atoms with Gasteiger partial charge in [0.2, 0.25) is 10.6 Å². The normalized spacial score (nSPS) is 12.9. The van der Waals surface area contributed by atoms with Crippen LogP contribution in [0.4, 0.5) is 27.8 Å². The van der Waals surface area contributed by atoms with Crippen LogP contribution in [-0.2, 0) is 9.47 Å². The standard InChI is InChI=1S/C17H17ClN4O2.C14H11ClN4.C10H7BrClNO.C9H5BrO2S.C4H9NO.C2H7N.2CH4/c1-17(2,3)24-16(23)22-9-7-11-10-12(4-5-13(11)22)20-14-6-8-19-15(18)21-14;15-14-17-8-6-13(19-14)18-12-3-1-10(2-4-12)11-5-7-16-9-11;1-5(14)10-9(12)7-3-2-6(11)4-8(7)13-10;10-6-2-1-5-3-8(9(11)12)13-7(5)4-6;5-4-1-2-6-3-4;1-3-2;;/h4-10H,1-3H3,(H,19,20,21);1-6,8-9H,7H2,(H,17,18,19);2-4,13H,1H3;1-4H,(H,11,12);4H,1-3,5H2;3H,1-2H3;2*1H4. The summed E-state index contributed by atoms with van der Waals surface area (Å²) in [6, 6.07) is 32.5. The lowest BCUT2D eigenvalue weighted by Gasteiger charge is -2.19. The number of H-pyrrole nitrogens is 1. The highest BCUT2D eigenvalue weighted by atomic mass is 79.9. The number of rotatable bonds is 7. The maximum Gasteiger partial charge on any atom is 0.418 e. The molecule has 81 heavy (non-hydrogen) atoms. The molecule has 0 amide bonds. The SMILES string of the molecule is C.C.CC(=O)c1[nH]c2cc(Br)ccc2c1Cl.CC(C)(C)OC(=O)n1ccc2cc(Nc3ccnc(Cl)n3)ccc21.CNC.Clc1nccc(Nc2ccc(C3=CCN=C3)cc2)n1.NC1CCOC1.O=C(O)c1cc2ccc(Br)cc2s1. The second-order valence-electron chi connectivity index (χ2n) is 18.1. The summed E-state index contributed by atoms with van der Waals surface area (Å²) in [5, 5.41) is 21.5. The number of carboxylic acids is 1. The van der Waals surface area contributed by atoms with Crippen molar-refractivity contribution in [1.29, 1.82) is 0 Å². The summed E-state index contributed by atoms with van der Waals surface area (Å²) in [5.74, 6) is 0.356. The third-order valence-corrected chi connectivity index (χ3v) is 13.5. The van der Waals surface area contributed by atoms with Crippen molar-refractivity contribution in [1.82, 2.24) is 34.8 Å². The fraction of sp³-hybridized carbons (Fsp3) is 0.241. The molecule has 0 bridgehead atoms. The van der Waals surface area contributed by atoms with Crippen LogP contribution in [-0.4, -0.2) is 104 Å². The van der Waals surface area contributed by atoms with Crippen LogP contribution in [0.2, 0.25) is 15.6 Å². The zero-order valence-corrected chi connectivity index (χ0v) is 49.9. The first-order valence-electron chi connectivity index (χ1n) is 24.2. The van der Waals surface area contributed by atoms with E-state index >= 15 is 0 Å². The third kappa shape index (κ3) is 20.7. The summed E-state index contributed by atoms with van der Waals surface area (Å²) in [6.45, 7) is 9.41. The molecule has 7 heterocycles. The number of aliphatic imine (C=N–C) groups is 1. The summed E-state index contributed by atoms with van der Waals surface area (Å²) >= 11 is 25.5. The monoisotopic (exact) mass is 1310 g/mol. The van der Waals surface area contributed by atoms with Gasteiger partial charge in [-0.05, 0) is 160 Å². The van der Waals surface area contributed by atoms with Crippen LogP contribution in [0.15, 0.2) is 142 Å². The number of anilines is 4. The number of nitrogens with two attached hydrogens (primary N) is 1. The highest BCUT2D eigenvalue weighted by molar-refractivity contribution is 9.10. The summed E-state index contributed by atoms with van der Waals surface area (Å²) in [6.07, 6.45) is 9.53. The number of allylic oxidation sites excluding steroid dienone is 1. The van der Waals surface area contributed by atoms with E-state index in [9.17, 15) is 14.4 Å². The zero-order chi connectivity index (χ0) is 57.2. The number of aromatic carboxylic acids is 1. The Balaban J connectivity index is 0.000000223. The number of carbonyl (C=O) groups excluding carboxylic acids is 2. The highest BCUT2D eigenvalue weighted by Crippen LogP contribution is 2.31. The fourth-order valence-corrected chi connectivity index (χ4v) is 9.58. The van der Waals surface area contributed by atoms with Gasteiger partial charge in [-0.25, -0.2) is 29.5 Å². The van der Waals surface area contributed by atoms with E-state index < -0.39 is 17.7 Å². The Morgan fingerprint density at radius 1 is 0.827 bits per heavy atom. The third-order valence-electron chi connectivity index (χ3n) is 10.6. The molecule has 4 aromatic carbocycles. The number of fused-ring (bicyclic) bond motifs is 3. The molecule has 1 fully saturated rings. The van der Waals surface area contributed by atoms with Crippen molar-refractivity contribution in [3.05, 3.63) is 168 Å². The van der Waals surface area contributed by atoms with E-state index in [2.05, 4.69) is 83.8 Å². The van der Waals surface area contributed by atoms with Crippen LogP contribution in [0.3, 0.4) is 0 Å². The molecule has 5 aromatic heterocycles. The first-order chi connectivity index (χ1) is 37.7. The van der Waals surface area contributed by atoms with Crippen LogP contribution in [0, 0.1) is 0 Å². The molecule has 0 spiro atoms. The Morgan fingerprint density at radius 2 is 1.44 bits per heavy atom. The first-order valence-corrected chi connectivity index (χ1v) is 27.7. The van der Waals surface area contributed by atoms with Crippen molar-refractivity contribution in [2.45, 2.75) is 60.6 Å². The Labute approximate surface area is 507 Å². The number of ether oxygens (including phenoxy) is 2. The van der Waals surface area contributed by atoms with Gasteiger partial charge < -0.3 is 41.2 Å². The second kappa shape index (κ2) is 32.2. The van der Waals surface area contributed by atoms with Crippen LogP contribution in [0.25, 0.3) is 37.5 Å². The Morgan fingerprint density at radius 3 is 1.99 bits per heavy atom. The number of carboxylic acid groups (broad SMARTS) is 1. The molecular weight excluding hydrogens is 1240 g/mol. The van der Waals surface area contributed by atoms with E-state index in [1.54, 1.807) is 36.8 Å².